The monoisotopic (exact) mass is 383 g/mol. The molecule has 0 aliphatic carbocycles. The fourth-order valence-electron chi connectivity index (χ4n) is 2.03. The van der Waals surface area contributed by atoms with Gasteiger partial charge in [-0.2, -0.15) is 0 Å². The molecule has 2 rings (SSSR count). The molecular weight excluding hydrogens is 369 g/mol. The van der Waals surface area contributed by atoms with E-state index in [-0.39, 0.29) is 11.3 Å². The van der Waals surface area contributed by atoms with Gasteiger partial charge >= 0.3 is 5.97 Å². The summed E-state index contributed by atoms with van der Waals surface area (Å²) in [6.07, 6.45) is 0. The van der Waals surface area contributed by atoms with Crippen LogP contribution in [0.3, 0.4) is 0 Å². The van der Waals surface area contributed by atoms with Crippen molar-refractivity contribution in [2.24, 2.45) is 0 Å². The number of hydrogen-bond acceptors (Lipinski definition) is 4. The molecule has 122 valence electrons. The molecule has 0 heterocycles. The highest BCUT2D eigenvalue weighted by molar-refractivity contribution is 9.10. The van der Waals surface area contributed by atoms with Crippen LogP contribution in [-0.4, -0.2) is 25.3 Å². The maximum absolute atomic E-state index is 14.0. The number of carboxylic acid groups (broad SMARTS) is 1. The summed E-state index contributed by atoms with van der Waals surface area (Å²) >= 11 is 3.13. The number of carboxylic acids is 1. The predicted octanol–water partition coefficient (Wildman–Crippen LogP) is 3.92. The molecular formula is C16H15BrFNO4. The second-order valence-corrected chi connectivity index (χ2v) is 5.50. The molecule has 0 radical (unpaired) electrons. The third-order valence-corrected chi connectivity index (χ3v) is 3.91. The Morgan fingerprint density at radius 2 is 2.00 bits per heavy atom. The lowest BCUT2D eigenvalue weighted by Gasteiger charge is -2.13. The van der Waals surface area contributed by atoms with Gasteiger partial charge in [0, 0.05) is 22.6 Å². The van der Waals surface area contributed by atoms with Crippen LogP contribution in [0, 0.1) is 5.82 Å². The predicted molar refractivity (Wildman–Crippen MR) is 87.9 cm³/mol. The normalized spacial score (nSPS) is 10.3. The molecule has 0 fully saturated rings. The van der Waals surface area contributed by atoms with Crippen LogP contribution in [0.15, 0.2) is 34.8 Å². The van der Waals surface area contributed by atoms with Crippen LogP contribution in [0.2, 0.25) is 0 Å². The van der Waals surface area contributed by atoms with E-state index in [0.717, 1.165) is 11.6 Å². The van der Waals surface area contributed by atoms with Crippen molar-refractivity contribution in [3.63, 3.8) is 0 Å². The largest absolute Gasteiger partial charge is 0.497 e. The Kier molecular flexibility index (Phi) is 5.44. The van der Waals surface area contributed by atoms with Crippen molar-refractivity contribution in [3.8, 4) is 11.5 Å². The van der Waals surface area contributed by atoms with Crippen molar-refractivity contribution in [2.45, 2.75) is 6.54 Å². The van der Waals surface area contributed by atoms with E-state index in [1.165, 1.54) is 13.2 Å². The lowest BCUT2D eigenvalue weighted by molar-refractivity contribution is 0.0695. The number of hydrogen-bond donors (Lipinski definition) is 2. The van der Waals surface area contributed by atoms with Gasteiger partial charge in [0.2, 0.25) is 0 Å². The van der Waals surface area contributed by atoms with E-state index in [1.54, 1.807) is 19.2 Å². The molecule has 23 heavy (non-hydrogen) atoms. The van der Waals surface area contributed by atoms with Crippen LogP contribution in [0.25, 0.3) is 0 Å². The Morgan fingerprint density at radius 1 is 1.26 bits per heavy atom. The first-order chi connectivity index (χ1) is 11.0. The Bertz CT molecular complexity index is 736. The van der Waals surface area contributed by atoms with Gasteiger partial charge < -0.3 is 19.9 Å². The molecule has 0 unspecified atom stereocenters. The summed E-state index contributed by atoms with van der Waals surface area (Å²) in [5.41, 5.74) is 0.876. The smallest absolute Gasteiger partial charge is 0.336 e. The summed E-state index contributed by atoms with van der Waals surface area (Å²) in [4.78, 5) is 11.0. The van der Waals surface area contributed by atoms with Crippen molar-refractivity contribution >= 4 is 27.6 Å². The van der Waals surface area contributed by atoms with E-state index < -0.39 is 11.8 Å². The first-order valence-corrected chi connectivity index (χ1v) is 7.42. The molecule has 2 aromatic rings. The number of halogens is 2. The van der Waals surface area contributed by atoms with Gasteiger partial charge in [-0.15, -0.1) is 0 Å². The first-order valence-electron chi connectivity index (χ1n) is 6.63. The maximum atomic E-state index is 14.0. The van der Waals surface area contributed by atoms with Crippen LogP contribution in [-0.2, 0) is 6.54 Å². The van der Waals surface area contributed by atoms with E-state index >= 15 is 0 Å². The minimum Gasteiger partial charge on any atom is -0.497 e. The van der Waals surface area contributed by atoms with Crippen molar-refractivity contribution in [2.75, 3.05) is 19.5 Å². The van der Waals surface area contributed by atoms with Crippen molar-refractivity contribution in [1.82, 2.24) is 0 Å². The Labute approximate surface area is 141 Å². The average Bonchev–Trinajstić information content (AvgIpc) is 2.54. The third-order valence-electron chi connectivity index (χ3n) is 3.25. The summed E-state index contributed by atoms with van der Waals surface area (Å²) in [6, 6.07) is 7.69. The number of ether oxygens (including phenoxy) is 2. The molecule has 0 saturated carbocycles. The summed E-state index contributed by atoms with van der Waals surface area (Å²) < 4.78 is 24.7. The van der Waals surface area contributed by atoms with Crippen molar-refractivity contribution in [1.29, 1.82) is 0 Å². The van der Waals surface area contributed by atoms with Gasteiger partial charge in [-0.1, -0.05) is 0 Å². The topological polar surface area (TPSA) is 67.8 Å². The van der Waals surface area contributed by atoms with Crippen LogP contribution in [0.1, 0.15) is 15.9 Å². The van der Waals surface area contributed by atoms with Gasteiger partial charge in [0.15, 0.2) is 0 Å². The molecule has 2 aromatic carbocycles. The Morgan fingerprint density at radius 3 is 2.61 bits per heavy atom. The first kappa shape index (κ1) is 17.1. The molecule has 0 bridgehead atoms. The van der Waals surface area contributed by atoms with Crippen LogP contribution >= 0.6 is 15.9 Å². The SMILES string of the molecule is COc1ccc(CNc2cc(Br)c(C(=O)O)cc2F)c(OC)c1. The Hall–Kier alpha value is -2.28. The van der Waals surface area contributed by atoms with Crippen molar-refractivity contribution < 1.29 is 23.8 Å². The van der Waals surface area contributed by atoms with Crippen LogP contribution < -0.4 is 14.8 Å². The summed E-state index contributed by atoms with van der Waals surface area (Å²) in [5.74, 6) is -0.568. The van der Waals surface area contributed by atoms with Crippen LogP contribution in [0.5, 0.6) is 11.5 Å². The molecule has 0 aliphatic rings. The number of carbonyl (C=O) groups is 1. The second-order valence-electron chi connectivity index (χ2n) is 4.65. The number of nitrogens with one attached hydrogen (secondary N) is 1. The van der Waals surface area contributed by atoms with E-state index in [1.807, 2.05) is 6.07 Å². The zero-order valence-corrected chi connectivity index (χ0v) is 14.1. The van der Waals surface area contributed by atoms with E-state index in [0.29, 0.717) is 22.5 Å². The average molecular weight is 384 g/mol. The standard InChI is InChI=1S/C16H15BrFNO4/c1-22-10-4-3-9(15(5-10)23-2)8-19-14-7-12(17)11(16(20)21)6-13(14)18/h3-7,19H,8H2,1-2H3,(H,20,21). The molecule has 0 aliphatic heterocycles. The highest BCUT2D eigenvalue weighted by Gasteiger charge is 2.14. The van der Waals surface area contributed by atoms with Gasteiger partial charge in [0.05, 0.1) is 25.5 Å². The van der Waals surface area contributed by atoms with E-state index in [2.05, 4.69) is 21.2 Å². The summed E-state index contributed by atoms with van der Waals surface area (Å²) in [6.45, 7) is 0.308. The molecule has 0 atom stereocenters. The lowest BCUT2D eigenvalue weighted by atomic mass is 10.1. The fourth-order valence-corrected chi connectivity index (χ4v) is 2.55. The molecule has 2 N–H and O–H groups in total. The van der Waals surface area contributed by atoms with Gasteiger partial charge in [-0.05, 0) is 40.2 Å². The highest BCUT2D eigenvalue weighted by atomic mass is 79.9. The molecule has 0 spiro atoms. The number of anilines is 1. The van der Waals surface area contributed by atoms with E-state index in [4.69, 9.17) is 14.6 Å². The van der Waals surface area contributed by atoms with Crippen LogP contribution in [0.4, 0.5) is 10.1 Å². The molecule has 7 heteroatoms. The quantitative estimate of drug-likeness (QED) is 0.791. The minimum atomic E-state index is -1.20. The van der Waals surface area contributed by atoms with Gasteiger partial charge in [0.25, 0.3) is 0 Å². The molecule has 0 aromatic heterocycles. The van der Waals surface area contributed by atoms with Gasteiger partial charge in [0.1, 0.15) is 17.3 Å². The third kappa shape index (κ3) is 3.92. The molecule has 5 nitrogen and oxygen atoms in total. The second kappa shape index (κ2) is 7.32. The Balaban J connectivity index is 2.21. The summed E-state index contributed by atoms with van der Waals surface area (Å²) in [5, 5.41) is 11.9. The molecule has 0 amide bonds. The number of rotatable bonds is 6. The van der Waals surface area contributed by atoms with Gasteiger partial charge in [-0.3, -0.25) is 0 Å². The maximum Gasteiger partial charge on any atom is 0.336 e. The fraction of sp³-hybridized carbons (Fsp3) is 0.188. The summed E-state index contributed by atoms with van der Waals surface area (Å²) in [7, 11) is 3.10. The highest BCUT2D eigenvalue weighted by Crippen LogP contribution is 2.28. The lowest BCUT2D eigenvalue weighted by Crippen LogP contribution is -2.06. The zero-order valence-electron chi connectivity index (χ0n) is 12.5. The molecule has 0 saturated heterocycles. The van der Waals surface area contributed by atoms with E-state index in [9.17, 15) is 9.18 Å². The minimum absolute atomic E-state index is 0.130. The van der Waals surface area contributed by atoms with Crippen molar-refractivity contribution in [3.05, 3.63) is 51.7 Å². The number of benzene rings is 2. The number of aromatic carboxylic acids is 1. The zero-order chi connectivity index (χ0) is 17.0. The van der Waals surface area contributed by atoms with Gasteiger partial charge in [-0.25, -0.2) is 9.18 Å². The number of methoxy groups -OCH3 is 2.